The van der Waals surface area contributed by atoms with E-state index >= 15 is 0 Å². The lowest BCUT2D eigenvalue weighted by molar-refractivity contribution is -0.159. The van der Waals surface area contributed by atoms with Crippen LogP contribution in [0.15, 0.2) is 53.5 Å². The molecule has 0 bridgehead atoms. The van der Waals surface area contributed by atoms with Crippen LogP contribution < -0.4 is 4.74 Å². The van der Waals surface area contributed by atoms with Crippen LogP contribution >= 0.6 is 0 Å². The molecule has 2 aliphatic rings. The molecule has 0 aliphatic carbocycles. The first-order valence-corrected chi connectivity index (χ1v) is 11.6. The Bertz CT molecular complexity index is 1050. The zero-order chi connectivity index (χ0) is 24.7. The minimum Gasteiger partial charge on any atom is -0.493 e. The first kappa shape index (κ1) is 24.7. The van der Waals surface area contributed by atoms with Crippen molar-refractivity contribution in [3.63, 3.8) is 0 Å². The molecule has 2 unspecified atom stereocenters. The number of carbonyl (C=O) groups is 2. The number of hydrogen-bond acceptors (Lipinski definition) is 7. The number of aliphatic imine (C=N–C) groups is 1. The molecular weight excluding hydrogens is 454 g/mol. The number of hydrogen-bond donors (Lipinski definition) is 1. The van der Waals surface area contributed by atoms with Gasteiger partial charge in [0, 0.05) is 25.0 Å². The van der Waals surface area contributed by atoms with Gasteiger partial charge in [-0.05, 0) is 43.0 Å². The zero-order valence-corrected chi connectivity index (χ0v) is 19.6. The number of carboxylic acid groups (broad SMARTS) is 1. The highest BCUT2D eigenvalue weighted by Crippen LogP contribution is 2.35. The number of amides is 1. The van der Waals surface area contributed by atoms with Crippen LogP contribution in [0.2, 0.25) is 0 Å². The fourth-order valence-corrected chi connectivity index (χ4v) is 4.30. The van der Waals surface area contributed by atoms with Gasteiger partial charge in [-0.2, -0.15) is 0 Å². The van der Waals surface area contributed by atoms with E-state index in [1.54, 1.807) is 6.07 Å². The van der Waals surface area contributed by atoms with Gasteiger partial charge in [0.25, 0.3) is 0 Å². The third-order valence-electron chi connectivity index (χ3n) is 5.96. The molecule has 1 N–H and O–H groups in total. The third kappa shape index (κ3) is 6.17. The van der Waals surface area contributed by atoms with E-state index in [1.165, 1.54) is 0 Å². The monoisotopic (exact) mass is 483 g/mol. The van der Waals surface area contributed by atoms with E-state index in [0.717, 1.165) is 11.1 Å². The molecule has 9 nitrogen and oxygen atoms in total. The van der Waals surface area contributed by atoms with Crippen molar-refractivity contribution in [1.29, 1.82) is 0 Å². The van der Waals surface area contributed by atoms with Crippen LogP contribution in [0.3, 0.4) is 0 Å². The van der Waals surface area contributed by atoms with Crippen molar-refractivity contribution in [3.05, 3.63) is 65.2 Å². The Morgan fingerprint density at radius 1 is 1.17 bits per heavy atom. The highest BCUT2D eigenvalue weighted by Gasteiger charge is 2.43. The molecular formula is C26H29NO8. The molecule has 0 radical (unpaired) electrons. The number of carbonyl (C=O) groups excluding carboxylic acids is 1. The van der Waals surface area contributed by atoms with E-state index in [-0.39, 0.29) is 25.7 Å². The summed E-state index contributed by atoms with van der Waals surface area (Å²) in [6, 6.07) is 15.1. The van der Waals surface area contributed by atoms with Crippen LogP contribution in [0.5, 0.6) is 5.75 Å². The van der Waals surface area contributed by atoms with Crippen molar-refractivity contribution >= 4 is 18.0 Å². The van der Waals surface area contributed by atoms with Gasteiger partial charge >= 0.3 is 12.1 Å². The summed E-state index contributed by atoms with van der Waals surface area (Å²) in [5.41, 5.74) is 1.07. The summed E-state index contributed by atoms with van der Waals surface area (Å²) in [4.78, 5) is 28.5. The Kier molecular flexibility index (Phi) is 7.99. The van der Waals surface area contributed by atoms with Crippen LogP contribution in [0.1, 0.15) is 42.6 Å². The highest BCUT2D eigenvalue weighted by molar-refractivity contribution is 5.89. The molecule has 0 spiro atoms. The second-order valence-corrected chi connectivity index (χ2v) is 8.41. The maximum absolute atomic E-state index is 12.7. The molecule has 2 heterocycles. The minimum atomic E-state index is -1.26. The Hall–Kier alpha value is -3.43. The third-order valence-corrected chi connectivity index (χ3v) is 5.96. The van der Waals surface area contributed by atoms with E-state index < -0.39 is 23.8 Å². The Morgan fingerprint density at radius 2 is 2.00 bits per heavy atom. The molecule has 35 heavy (non-hydrogen) atoms. The summed E-state index contributed by atoms with van der Waals surface area (Å²) >= 11 is 0. The second-order valence-electron chi connectivity index (χ2n) is 8.41. The van der Waals surface area contributed by atoms with Gasteiger partial charge in [0.2, 0.25) is 5.90 Å². The van der Waals surface area contributed by atoms with E-state index in [9.17, 15) is 14.7 Å². The topological polar surface area (TPSA) is 113 Å². The first-order chi connectivity index (χ1) is 17.0. The van der Waals surface area contributed by atoms with E-state index in [4.69, 9.17) is 23.7 Å². The molecule has 2 aromatic rings. The first-order valence-electron chi connectivity index (χ1n) is 11.6. The molecule has 2 aliphatic heterocycles. The van der Waals surface area contributed by atoms with Gasteiger partial charge in [0.05, 0.1) is 6.61 Å². The molecule has 0 saturated carbocycles. The smallest absolute Gasteiger partial charge is 0.437 e. The van der Waals surface area contributed by atoms with Gasteiger partial charge in [-0.3, -0.25) is 0 Å². The molecule has 0 aromatic heterocycles. The lowest BCUT2D eigenvalue weighted by atomic mass is 9.89. The van der Waals surface area contributed by atoms with Crippen LogP contribution in [0, 0.1) is 0 Å². The Balaban J connectivity index is 1.67. The summed E-state index contributed by atoms with van der Waals surface area (Å²) < 4.78 is 27.5. The fraction of sp³-hybridized carbons (Fsp3) is 0.423. The summed E-state index contributed by atoms with van der Waals surface area (Å²) in [5, 5.41) is 9.84. The van der Waals surface area contributed by atoms with E-state index in [2.05, 4.69) is 4.99 Å². The van der Waals surface area contributed by atoms with Crippen molar-refractivity contribution in [2.75, 3.05) is 26.6 Å². The van der Waals surface area contributed by atoms with Crippen LogP contribution in [0.4, 0.5) is 4.79 Å². The Labute approximate surface area is 203 Å². The van der Waals surface area contributed by atoms with Gasteiger partial charge in [0.1, 0.15) is 18.5 Å². The predicted molar refractivity (Wildman–Crippen MR) is 126 cm³/mol. The molecule has 9 heteroatoms. The highest BCUT2D eigenvalue weighted by atomic mass is 16.7. The van der Waals surface area contributed by atoms with Crippen LogP contribution in [0.25, 0.3) is 0 Å². The number of rotatable bonds is 9. The normalized spacial score (nSPS) is 21.5. The van der Waals surface area contributed by atoms with Crippen molar-refractivity contribution in [2.24, 2.45) is 4.99 Å². The Morgan fingerprint density at radius 3 is 2.66 bits per heavy atom. The van der Waals surface area contributed by atoms with Crippen molar-refractivity contribution < 1.29 is 38.4 Å². The lowest BCUT2D eigenvalue weighted by Crippen LogP contribution is -2.40. The van der Waals surface area contributed by atoms with Gasteiger partial charge in [-0.1, -0.05) is 36.4 Å². The molecule has 2 atom stereocenters. The fourth-order valence-electron chi connectivity index (χ4n) is 4.30. The molecule has 2 saturated heterocycles. The SMILES string of the molecule is CCOc1ccc(CC2(C(=O)O)CCCO2)cc1C(Cc1ccccc1)OC(=O)N=C1COCO1. The quantitative estimate of drug-likeness (QED) is 0.568. The largest absolute Gasteiger partial charge is 0.493 e. The van der Waals surface area contributed by atoms with Crippen LogP contribution in [-0.4, -0.2) is 55.3 Å². The van der Waals surface area contributed by atoms with Gasteiger partial charge in [0.15, 0.2) is 12.4 Å². The van der Waals surface area contributed by atoms with Crippen molar-refractivity contribution in [3.8, 4) is 5.75 Å². The predicted octanol–water partition coefficient (Wildman–Crippen LogP) is 4.08. The summed E-state index contributed by atoms with van der Waals surface area (Å²) in [6.07, 6.45) is 0.160. The van der Waals surface area contributed by atoms with Gasteiger partial charge < -0.3 is 28.8 Å². The number of ether oxygens (including phenoxy) is 5. The molecule has 2 aromatic carbocycles. The number of nitrogens with zero attached hydrogens (tertiary/aromatic N) is 1. The van der Waals surface area contributed by atoms with Crippen molar-refractivity contribution in [1.82, 2.24) is 0 Å². The lowest BCUT2D eigenvalue weighted by Gasteiger charge is -2.25. The summed E-state index contributed by atoms with van der Waals surface area (Å²) in [6.45, 7) is 2.84. The van der Waals surface area contributed by atoms with E-state index in [0.29, 0.717) is 43.8 Å². The standard InChI is InChI=1S/C26H29NO8/c1-2-32-21-10-9-19(15-26(24(28)29)11-6-12-34-26)13-20(21)22(14-18-7-4-3-5-8-18)35-25(30)27-23-16-31-17-33-23/h3-5,7-10,13,22H,2,6,11-12,14-17H2,1H3,(H,28,29). The van der Waals surface area contributed by atoms with Crippen LogP contribution in [-0.2, 0) is 36.6 Å². The number of aliphatic carboxylic acids is 1. The second kappa shape index (κ2) is 11.3. The average Bonchev–Trinajstić information content (AvgIpc) is 3.53. The molecule has 2 fully saturated rings. The molecule has 4 rings (SSSR count). The average molecular weight is 484 g/mol. The van der Waals surface area contributed by atoms with Crippen molar-refractivity contribution in [2.45, 2.75) is 44.3 Å². The number of carboxylic acids is 1. The maximum atomic E-state index is 12.7. The van der Waals surface area contributed by atoms with Gasteiger partial charge in [-0.15, -0.1) is 4.99 Å². The van der Waals surface area contributed by atoms with Gasteiger partial charge in [-0.25, -0.2) is 9.59 Å². The summed E-state index contributed by atoms with van der Waals surface area (Å²) in [5.74, 6) is -0.267. The number of benzene rings is 2. The zero-order valence-electron chi connectivity index (χ0n) is 19.6. The maximum Gasteiger partial charge on any atom is 0.437 e. The minimum absolute atomic E-state index is 0.0451. The van der Waals surface area contributed by atoms with E-state index in [1.807, 2.05) is 49.4 Å². The molecule has 1 amide bonds. The summed E-state index contributed by atoms with van der Waals surface area (Å²) in [7, 11) is 0. The molecule has 186 valence electrons.